The molecule has 33 heavy (non-hydrogen) atoms. The van der Waals surface area contributed by atoms with E-state index in [2.05, 4.69) is 4.98 Å². The summed E-state index contributed by atoms with van der Waals surface area (Å²) in [6.45, 7) is 2.99. The molecule has 2 heterocycles. The Morgan fingerprint density at radius 1 is 0.970 bits per heavy atom. The molecule has 2 aromatic heterocycles. The number of hydrogen-bond donors (Lipinski definition) is 1. The van der Waals surface area contributed by atoms with Crippen LogP contribution in [-0.2, 0) is 24.4 Å². The van der Waals surface area contributed by atoms with Crippen molar-refractivity contribution in [3.8, 4) is 0 Å². The van der Waals surface area contributed by atoms with Crippen molar-refractivity contribution in [3.05, 3.63) is 112 Å². The minimum absolute atomic E-state index is 0.1000. The molecule has 2 N–H and O–H groups in total. The topological polar surface area (TPSA) is 96.4 Å². The van der Waals surface area contributed by atoms with E-state index in [9.17, 15) is 9.59 Å². The number of fused-ring (bicyclic) bond motifs is 1. The van der Waals surface area contributed by atoms with Crippen molar-refractivity contribution < 1.29 is 14.4 Å². The highest BCUT2D eigenvalue weighted by Gasteiger charge is 2.15. The maximum atomic E-state index is 12.5. The zero-order chi connectivity index (χ0) is 23.2. The number of benzene rings is 2. The Bertz CT molecular complexity index is 1300. The third-order valence-corrected chi connectivity index (χ3v) is 5.27. The molecule has 2 aromatic carbocycles. The lowest BCUT2D eigenvalue weighted by atomic mass is 10.1. The number of hydrogen-bond acceptors (Lipinski definition) is 5. The van der Waals surface area contributed by atoms with Gasteiger partial charge in [-0.1, -0.05) is 36.4 Å². The number of ether oxygens (including phenoxy) is 1. The molecule has 0 fully saturated rings. The third kappa shape index (κ3) is 5.45. The highest BCUT2D eigenvalue weighted by molar-refractivity contribution is 5.96. The van der Waals surface area contributed by atoms with E-state index in [1.807, 2.05) is 49.4 Å². The highest BCUT2D eigenvalue weighted by atomic mass is 16.7. The van der Waals surface area contributed by atoms with Gasteiger partial charge in [-0.15, -0.1) is 0 Å². The molecule has 0 aliphatic carbocycles. The Morgan fingerprint density at radius 2 is 1.61 bits per heavy atom. The first-order chi connectivity index (χ1) is 16.0. The number of rotatable bonds is 9. The summed E-state index contributed by atoms with van der Waals surface area (Å²) in [7, 11) is 0. The Kier molecular flexibility index (Phi) is 6.80. The second-order valence-corrected chi connectivity index (χ2v) is 7.86. The summed E-state index contributed by atoms with van der Waals surface area (Å²) in [5.74, 6) is -0.780. The molecule has 0 spiro atoms. The monoisotopic (exact) mass is 443 g/mol. The lowest BCUT2D eigenvalue weighted by Gasteiger charge is -2.19. The molecule has 0 saturated heterocycles. The van der Waals surface area contributed by atoms with Crippen LogP contribution in [-0.4, -0.2) is 21.7 Å². The molecular formula is C26H25N3O4. The van der Waals surface area contributed by atoms with Gasteiger partial charge in [-0.05, 0) is 47.9 Å². The SMILES string of the molecule is CC(Cc1ccc(COCc2ccncc2)cc1)On1cc(C(N)=O)c(=O)c2ccccc21. The third-order valence-electron chi connectivity index (χ3n) is 5.27. The van der Waals surface area contributed by atoms with Crippen LogP contribution in [0.3, 0.4) is 0 Å². The molecule has 7 nitrogen and oxygen atoms in total. The molecule has 7 heteroatoms. The maximum absolute atomic E-state index is 12.5. The first kappa shape index (κ1) is 22.2. The summed E-state index contributed by atoms with van der Waals surface area (Å²) in [6, 6.07) is 19.0. The molecule has 1 atom stereocenters. The summed E-state index contributed by atoms with van der Waals surface area (Å²) >= 11 is 0. The number of carbonyl (C=O) groups is 1. The lowest BCUT2D eigenvalue weighted by Crippen LogP contribution is -2.29. The zero-order valence-electron chi connectivity index (χ0n) is 18.3. The van der Waals surface area contributed by atoms with Crippen molar-refractivity contribution in [1.29, 1.82) is 0 Å². The summed E-state index contributed by atoms with van der Waals surface area (Å²) < 4.78 is 7.23. The molecule has 1 amide bonds. The van der Waals surface area contributed by atoms with Crippen molar-refractivity contribution in [2.75, 3.05) is 0 Å². The van der Waals surface area contributed by atoms with E-state index in [4.69, 9.17) is 15.3 Å². The fourth-order valence-corrected chi connectivity index (χ4v) is 3.61. The van der Waals surface area contributed by atoms with Crippen LogP contribution in [0.5, 0.6) is 0 Å². The predicted octanol–water partition coefficient (Wildman–Crippen LogP) is 3.27. The van der Waals surface area contributed by atoms with E-state index in [0.717, 1.165) is 16.7 Å². The van der Waals surface area contributed by atoms with Gasteiger partial charge >= 0.3 is 0 Å². The van der Waals surface area contributed by atoms with E-state index in [1.54, 1.807) is 30.6 Å². The molecule has 0 saturated carbocycles. The van der Waals surface area contributed by atoms with Gasteiger partial charge in [0, 0.05) is 24.2 Å². The van der Waals surface area contributed by atoms with Crippen molar-refractivity contribution in [1.82, 2.24) is 9.71 Å². The molecule has 0 bridgehead atoms. The van der Waals surface area contributed by atoms with E-state index in [-0.39, 0.29) is 11.7 Å². The normalized spacial score (nSPS) is 11.9. The van der Waals surface area contributed by atoms with E-state index in [0.29, 0.717) is 30.5 Å². The Morgan fingerprint density at radius 3 is 2.30 bits per heavy atom. The fourth-order valence-electron chi connectivity index (χ4n) is 3.61. The zero-order valence-corrected chi connectivity index (χ0v) is 18.3. The van der Waals surface area contributed by atoms with Crippen LogP contribution in [0.4, 0.5) is 0 Å². The predicted molar refractivity (Wildman–Crippen MR) is 126 cm³/mol. The minimum Gasteiger partial charge on any atom is -0.411 e. The van der Waals surface area contributed by atoms with Gasteiger partial charge in [0.1, 0.15) is 11.7 Å². The standard InChI is InChI=1S/C26H25N3O4/c1-18(33-29-15-23(26(27)31)25(30)22-4-2-3-5-24(22)29)14-19-6-8-20(9-7-19)16-32-17-21-10-12-28-13-11-21/h2-13,15,18H,14,16-17H2,1H3,(H2,27,31). The Hall–Kier alpha value is -3.97. The summed E-state index contributed by atoms with van der Waals surface area (Å²) in [6.07, 6.45) is 5.30. The van der Waals surface area contributed by atoms with Gasteiger partial charge in [-0.3, -0.25) is 14.6 Å². The molecule has 0 aliphatic heterocycles. The van der Waals surface area contributed by atoms with E-state index >= 15 is 0 Å². The molecule has 4 rings (SSSR count). The molecule has 4 aromatic rings. The van der Waals surface area contributed by atoms with Crippen LogP contribution in [0.2, 0.25) is 0 Å². The molecule has 0 aliphatic rings. The van der Waals surface area contributed by atoms with Gasteiger partial charge < -0.3 is 15.3 Å². The number of amides is 1. The molecule has 0 radical (unpaired) electrons. The van der Waals surface area contributed by atoms with Crippen LogP contribution in [0.25, 0.3) is 10.9 Å². The molecule has 1 unspecified atom stereocenters. The summed E-state index contributed by atoms with van der Waals surface area (Å²) in [4.78, 5) is 34.3. The number of carbonyl (C=O) groups excluding carboxylic acids is 1. The van der Waals surface area contributed by atoms with Crippen LogP contribution < -0.4 is 16.0 Å². The number of nitrogens with two attached hydrogens (primary N) is 1. The summed E-state index contributed by atoms with van der Waals surface area (Å²) in [5, 5.41) is 0.386. The second kappa shape index (κ2) is 10.1. The fraction of sp³-hybridized carbons (Fsp3) is 0.192. The maximum Gasteiger partial charge on any atom is 0.254 e. The number of para-hydroxylation sites is 1. The average molecular weight is 444 g/mol. The van der Waals surface area contributed by atoms with Crippen molar-refractivity contribution in [3.63, 3.8) is 0 Å². The van der Waals surface area contributed by atoms with Gasteiger partial charge in [0.25, 0.3) is 5.91 Å². The van der Waals surface area contributed by atoms with Gasteiger partial charge in [0.15, 0.2) is 0 Å². The Balaban J connectivity index is 1.40. The second-order valence-electron chi connectivity index (χ2n) is 7.86. The smallest absolute Gasteiger partial charge is 0.254 e. The number of aromatic nitrogens is 2. The van der Waals surface area contributed by atoms with E-state index < -0.39 is 11.3 Å². The van der Waals surface area contributed by atoms with Gasteiger partial charge in [0.05, 0.1) is 24.9 Å². The largest absolute Gasteiger partial charge is 0.411 e. The van der Waals surface area contributed by atoms with Crippen LogP contribution in [0.15, 0.2) is 84.0 Å². The number of pyridine rings is 2. The van der Waals surface area contributed by atoms with Crippen molar-refractivity contribution >= 4 is 16.8 Å². The van der Waals surface area contributed by atoms with Crippen LogP contribution in [0, 0.1) is 0 Å². The highest BCUT2D eigenvalue weighted by Crippen LogP contribution is 2.13. The van der Waals surface area contributed by atoms with Crippen molar-refractivity contribution in [2.24, 2.45) is 5.73 Å². The quantitative estimate of drug-likeness (QED) is 0.428. The van der Waals surface area contributed by atoms with Gasteiger partial charge in [-0.25, -0.2) is 0 Å². The lowest BCUT2D eigenvalue weighted by molar-refractivity contribution is 0.0552. The average Bonchev–Trinajstić information content (AvgIpc) is 2.82. The summed E-state index contributed by atoms with van der Waals surface area (Å²) in [5.41, 5.74) is 8.74. The first-order valence-corrected chi connectivity index (χ1v) is 10.7. The van der Waals surface area contributed by atoms with Gasteiger partial charge in [0.2, 0.25) is 5.43 Å². The molecular weight excluding hydrogens is 418 g/mol. The minimum atomic E-state index is -0.780. The van der Waals surface area contributed by atoms with Crippen LogP contribution >= 0.6 is 0 Å². The van der Waals surface area contributed by atoms with Crippen LogP contribution in [0.1, 0.15) is 34.0 Å². The first-order valence-electron chi connectivity index (χ1n) is 10.7. The number of primary amides is 1. The Labute approximate surface area is 191 Å². The van der Waals surface area contributed by atoms with Crippen molar-refractivity contribution in [2.45, 2.75) is 32.7 Å². The molecule has 168 valence electrons. The number of nitrogens with zero attached hydrogens (tertiary/aromatic N) is 2. The van der Waals surface area contributed by atoms with Gasteiger partial charge in [-0.2, -0.15) is 4.73 Å². The van der Waals surface area contributed by atoms with E-state index in [1.165, 1.54) is 10.9 Å².